The van der Waals surface area contributed by atoms with Gasteiger partial charge in [0, 0.05) is 5.02 Å². The summed E-state index contributed by atoms with van der Waals surface area (Å²) in [6.45, 7) is 0. The molecule has 0 bridgehead atoms. The summed E-state index contributed by atoms with van der Waals surface area (Å²) in [7, 11) is 0. The molecule has 0 aromatic heterocycles. The lowest BCUT2D eigenvalue weighted by atomic mass is 10.2. The molecule has 12 heavy (non-hydrogen) atoms. The van der Waals surface area contributed by atoms with E-state index in [9.17, 15) is 13.2 Å². The Balaban J connectivity index is 3.28. The first kappa shape index (κ1) is 9.68. The van der Waals surface area contributed by atoms with Crippen molar-refractivity contribution in [3.8, 4) is 0 Å². The van der Waals surface area contributed by atoms with Crippen LogP contribution >= 0.6 is 23.2 Å². The Kier molecular flexibility index (Phi) is 2.85. The van der Waals surface area contributed by atoms with Gasteiger partial charge in [-0.2, -0.15) is 0 Å². The molecule has 0 heterocycles. The Hall–Kier alpha value is -0.410. The van der Waals surface area contributed by atoms with Crippen molar-refractivity contribution in [2.75, 3.05) is 0 Å². The molecule has 5 heteroatoms. The van der Waals surface area contributed by atoms with Gasteiger partial charge >= 0.3 is 0 Å². The molecule has 0 unspecified atom stereocenters. The zero-order valence-corrected chi connectivity index (χ0v) is 7.13. The molecule has 0 atom stereocenters. The lowest BCUT2D eigenvalue weighted by Gasteiger charge is -2.04. The molecule has 0 radical (unpaired) electrons. The third-order valence-corrected chi connectivity index (χ3v) is 1.79. The van der Waals surface area contributed by atoms with Crippen LogP contribution in [0.15, 0.2) is 12.1 Å². The maximum absolute atomic E-state index is 12.7. The summed E-state index contributed by atoms with van der Waals surface area (Å²) in [5.41, 5.74) is -0.805. The van der Waals surface area contributed by atoms with E-state index in [2.05, 4.69) is 0 Å². The van der Waals surface area contributed by atoms with Crippen LogP contribution in [0, 0.1) is 5.82 Å². The van der Waals surface area contributed by atoms with Crippen LogP contribution in [0.25, 0.3) is 0 Å². The van der Waals surface area contributed by atoms with Gasteiger partial charge in [0.1, 0.15) is 5.82 Å². The summed E-state index contributed by atoms with van der Waals surface area (Å²) >= 11 is 10.7. The Morgan fingerprint density at radius 2 is 1.75 bits per heavy atom. The number of hydrogen-bond acceptors (Lipinski definition) is 0. The van der Waals surface area contributed by atoms with Crippen molar-refractivity contribution in [2.45, 2.75) is 6.43 Å². The molecule has 0 N–H and O–H groups in total. The number of rotatable bonds is 1. The van der Waals surface area contributed by atoms with Gasteiger partial charge in [0.15, 0.2) is 0 Å². The Labute approximate surface area is 76.9 Å². The first-order valence-electron chi connectivity index (χ1n) is 2.95. The van der Waals surface area contributed by atoms with E-state index in [1.54, 1.807) is 0 Å². The van der Waals surface area contributed by atoms with Gasteiger partial charge in [-0.05, 0) is 12.1 Å². The minimum absolute atomic E-state index is 0.00176. The van der Waals surface area contributed by atoms with Crippen LogP contribution in [0.2, 0.25) is 10.0 Å². The molecule has 0 aliphatic carbocycles. The van der Waals surface area contributed by atoms with Crippen LogP contribution in [0.3, 0.4) is 0 Å². The van der Waals surface area contributed by atoms with E-state index < -0.39 is 17.8 Å². The predicted molar refractivity (Wildman–Crippen MR) is 41.4 cm³/mol. The van der Waals surface area contributed by atoms with E-state index in [4.69, 9.17) is 23.2 Å². The molecule has 0 saturated heterocycles. The zero-order chi connectivity index (χ0) is 9.30. The fraction of sp³-hybridized carbons (Fsp3) is 0.143. The topological polar surface area (TPSA) is 0 Å². The van der Waals surface area contributed by atoms with Crippen molar-refractivity contribution in [1.82, 2.24) is 0 Å². The normalized spacial score (nSPS) is 10.8. The molecule has 0 saturated carbocycles. The Morgan fingerprint density at radius 3 is 2.17 bits per heavy atom. The SMILES string of the molecule is Fc1cc(Cl)cc(Cl)c1C(F)F. The van der Waals surface area contributed by atoms with Crippen molar-refractivity contribution >= 4 is 23.2 Å². The van der Waals surface area contributed by atoms with E-state index in [0.29, 0.717) is 0 Å². The summed E-state index contributed by atoms with van der Waals surface area (Å²) in [4.78, 5) is 0. The second-order valence-electron chi connectivity index (χ2n) is 2.08. The van der Waals surface area contributed by atoms with Gasteiger partial charge in [0.2, 0.25) is 0 Å². The summed E-state index contributed by atoms with van der Waals surface area (Å²) in [6, 6.07) is 1.88. The molecule has 0 aliphatic heterocycles. The smallest absolute Gasteiger partial charge is 0.206 e. The first-order chi connectivity index (χ1) is 5.52. The minimum Gasteiger partial charge on any atom is -0.206 e. The summed E-state index contributed by atoms with van der Waals surface area (Å²) in [5.74, 6) is -1.08. The lowest BCUT2D eigenvalue weighted by Crippen LogP contribution is -1.91. The van der Waals surface area contributed by atoms with Gasteiger partial charge in [-0.1, -0.05) is 23.2 Å². The Bertz CT molecular complexity index is 276. The number of alkyl halides is 2. The van der Waals surface area contributed by atoms with Crippen molar-refractivity contribution in [2.24, 2.45) is 0 Å². The molecule has 1 aromatic carbocycles. The molecule has 0 amide bonds. The molecular formula is C7H3Cl2F3. The second-order valence-corrected chi connectivity index (χ2v) is 2.93. The van der Waals surface area contributed by atoms with Crippen LogP contribution in [0.5, 0.6) is 0 Å². The van der Waals surface area contributed by atoms with Gasteiger partial charge in [-0.3, -0.25) is 0 Å². The zero-order valence-electron chi connectivity index (χ0n) is 5.62. The number of benzene rings is 1. The highest BCUT2D eigenvalue weighted by Gasteiger charge is 2.17. The highest BCUT2D eigenvalue weighted by atomic mass is 35.5. The standard InChI is InChI=1S/C7H3Cl2F3/c8-3-1-4(9)6(7(11)12)5(10)2-3/h1-2,7H. The molecule has 1 aromatic rings. The number of hydrogen-bond donors (Lipinski definition) is 0. The van der Waals surface area contributed by atoms with Crippen LogP contribution in [0.4, 0.5) is 13.2 Å². The van der Waals surface area contributed by atoms with Crippen molar-refractivity contribution in [3.63, 3.8) is 0 Å². The van der Waals surface area contributed by atoms with Gasteiger partial charge in [-0.25, -0.2) is 13.2 Å². The maximum atomic E-state index is 12.7. The molecule has 0 aliphatic rings. The number of halogens is 5. The fourth-order valence-corrected chi connectivity index (χ4v) is 1.31. The van der Waals surface area contributed by atoms with E-state index in [-0.39, 0.29) is 10.0 Å². The average molecular weight is 215 g/mol. The molecule has 1 rings (SSSR count). The van der Waals surface area contributed by atoms with E-state index in [0.717, 1.165) is 12.1 Å². The van der Waals surface area contributed by atoms with Gasteiger partial charge in [-0.15, -0.1) is 0 Å². The maximum Gasteiger partial charge on any atom is 0.268 e. The summed E-state index contributed by atoms with van der Waals surface area (Å²) in [5, 5.41) is -0.350. The van der Waals surface area contributed by atoms with Crippen molar-refractivity contribution in [1.29, 1.82) is 0 Å². The average Bonchev–Trinajstić information content (AvgIpc) is 1.82. The largest absolute Gasteiger partial charge is 0.268 e. The van der Waals surface area contributed by atoms with Crippen LogP contribution in [-0.4, -0.2) is 0 Å². The van der Waals surface area contributed by atoms with Gasteiger partial charge in [0.05, 0.1) is 10.6 Å². The van der Waals surface area contributed by atoms with E-state index >= 15 is 0 Å². The third kappa shape index (κ3) is 1.84. The van der Waals surface area contributed by atoms with E-state index in [1.165, 1.54) is 0 Å². The first-order valence-corrected chi connectivity index (χ1v) is 3.70. The molecule has 0 nitrogen and oxygen atoms in total. The van der Waals surface area contributed by atoms with Crippen LogP contribution < -0.4 is 0 Å². The highest BCUT2D eigenvalue weighted by Crippen LogP contribution is 2.31. The fourth-order valence-electron chi connectivity index (χ4n) is 0.762. The monoisotopic (exact) mass is 214 g/mol. The molecule has 0 spiro atoms. The Morgan fingerprint density at radius 1 is 1.17 bits per heavy atom. The molecule has 66 valence electrons. The predicted octanol–water partition coefficient (Wildman–Crippen LogP) is 4.07. The third-order valence-electron chi connectivity index (χ3n) is 1.26. The van der Waals surface area contributed by atoms with Crippen molar-refractivity contribution in [3.05, 3.63) is 33.6 Å². The quantitative estimate of drug-likeness (QED) is 0.662. The van der Waals surface area contributed by atoms with Crippen LogP contribution in [-0.2, 0) is 0 Å². The van der Waals surface area contributed by atoms with Crippen molar-refractivity contribution < 1.29 is 13.2 Å². The van der Waals surface area contributed by atoms with Gasteiger partial charge < -0.3 is 0 Å². The summed E-state index contributed by atoms with van der Waals surface area (Å²) in [6.07, 6.45) is -2.92. The van der Waals surface area contributed by atoms with E-state index in [1.807, 2.05) is 0 Å². The molecule has 0 fully saturated rings. The summed E-state index contributed by atoms with van der Waals surface area (Å²) < 4.78 is 36.8. The lowest BCUT2D eigenvalue weighted by molar-refractivity contribution is 0.146. The van der Waals surface area contributed by atoms with Crippen LogP contribution in [0.1, 0.15) is 12.0 Å². The highest BCUT2D eigenvalue weighted by molar-refractivity contribution is 6.35. The second kappa shape index (κ2) is 3.54. The minimum atomic E-state index is -2.92. The van der Waals surface area contributed by atoms with Gasteiger partial charge in [0.25, 0.3) is 6.43 Å². The molecular weight excluding hydrogens is 212 g/mol.